The summed E-state index contributed by atoms with van der Waals surface area (Å²) in [5.74, 6) is -0.883. The van der Waals surface area contributed by atoms with E-state index in [1.807, 2.05) is 0 Å². The van der Waals surface area contributed by atoms with Crippen LogP contribution in [0.25, 0.3) is 0 Å². The van der Waals surface area contributed by atoms with Gasteiger partial charge in [-0.2, -0.15) is 0 Å². The lowest BCUT2D eigenvalue weighted by Crippen LogP contribution is -2.42. The Morgan fingerprint density at radius 1 is 0.429 bits per heavy atom. The van der Waals surface area contributed by atoms with Crippen LogP contribution in [0.1, 0.15) is 246 Å². The minimum atomic E-state index is -1.01. The summed E-state index contributed by atoms with van der Waals surface area (Å²) in [5.41, 5.74) is -0.145. The highest BCUT2D eigenvalue weighted by atomic mass is 16.7. The lowest BCUT2D eigenvalue weighted by molar-refractivity contribution is -0.197. The van der Waals surface area contributed by atoms with Crippen LogP contribution in [-0.4, -0.2) is 100 Å². The smallest absolute Gasteiger partial charge is 0.363 e. The number of esters is 2. The number of rotatable bonds is 48. The van der Waals surface area contributed by atoms with Crippen LogP contribution in [0.5, 0.6) is 0 Å². The third kappa shape index (κ3) is 34.6. The number of carbonyl (C=O) groups is 2. The molecule has 0 unspecified atom stereocenters. The zero-order chi connectivity index (χ0) is 45.7. The fourth-order valence-corrected chi connectivity index (χ4v) is 8.56. The van der Waals surface area contributed by atoms with Crippen molar-refractivity contribution in [3.8, 4) is 0 Å². The average molecular weight is 898 g/mol. The van der Waals surface area contributed by atoms with Gasteiger partial charge >= 0.3 is 11.9 Å². The maximum absolute atomic E-state index is 13.5. The van der Waals surface area contributed by atoms with Gasteiger partial charge in [0.25, 0.3) is 12.6 Å². The summed E-state index contributed by atoms with van der Waals surface area (Å²) >= 11 is 0. The fraction of sp³-hybridized carbons (Fsp3) is 0.962. The van der Waals surface area contributed by atoms with Crippen molar-refractivity contribution >= 4 is 11.9 Å². The molecule has 1 rings (SSSR count). The zero-order valence-corrected chi connectivity index (χ0v) is 41.9. The number of hydrogen-bond acceptors (Lipinski definition) is 10. The first kappa shape index (κ1) is 59.7. The second-order valence-corrected chi connectivity index (χ2v) is 18.7. The molecule has 63 heavy (non-hydrogen) atoms. The molecule has 0 saturated carbocycles. The number of carbonyl (C=O) groups excluding carboxylic acids is 2. The van der Waals surface area contributed by atoms with Crippen molar-refractivity contribution in [1.29, 1.82) is 0 Å². The predicted molar refractivity (Wildman–Crippen MR) is 259 cm³/mol. The summed E-state index contributed by atoms with van der Waals surface area (Å²) in [6.45, 7) is 14.4. The first-order chi connectivity index (χ1) is 30.9. The number of likely N-dealkylation sites (tertiary alicyclic amines) is 1. The van der Waals surface area contributed by atoms with Gasteiger partial charge < -0.3 is 38.4 Å². The maximum Gasteiger partial charge on any atom is 0.363 e. The van der Waals surface area contributed by atoms with Crippen LogP contribution in [0.4, 0.5) is 0 Å². The normalized spacial score (nSPS) is 14.3. The molecule has 0 aromatic heterocycles. The number of piperidine rings is 1. The van der Waals surface area contributed by atoms with E-state index in [-0.39, 0.29) is 25.2 Å². The van der Waals surface area contributed by atoms with Gasteiger partial charge in [-0.25, -0.2) is 9.59 Å². The molecule has 0 radical (unpaired) electrons. The molecule has 1 aliphatic rings. The molecule has 0 spiro atoms. The van der Waals surface area contributed by atoms with Crippen molar-refractivity contribution in [2.75, 3.05) is 65.9 Å². The number of nitrogens with zero attached hydrogens (tertiary/aromatic N) is 1. The topological polar surface area (TPSA) is 113 Å². The van der Waals surface area contributed by atoms with Crippen molar-refractivity contribution < 1.29 is 43.1 Å². The van der Waals surface area contributed by atoms with Crippen molar-refractivity contribution in [1.82, 2.24) is 4.90 Å². The third-order valence-electron chi connectivity index (χ3n) is 13.0. The molecule has 1 aliphatic heterocycles. The molecule has 1 heterocycles. The number of unbranched alkanes of at least 4 members (excludes halogenated alkanes) is 25. The summed E-state index contributed by atoms with van der Waals surface area (Å²) in [6.07, 6.45) is 35.9. The highest BCUT2D eigenvalue weighted by Gasteiger charge is 2.36. The van der Waals surface area contributed by atoms with E-state index in [1.54, 1.807) is 0 Å². The molecule has 0 aromatic rings. The molecular formula is C53H103NO9. The Labute approximate surface area is 388 Å². The molecule has 0 aliphatic carbocycles. The van der Waals surface area contributed by atoms with Gasteiger partial charge in [0.1, 0.15) is 0 Å². The molecule has 0 aromatic carbocycles. The van der Waals surface area contributed by atoms with Crippen LogP contribution < -0.4 is 0 Å². The van der Waals surface area contributed by atoms with Crippen molar-refractivity contribution in [3.05, 3.63) is 0 Å². The Bertz CT molecular complexity index is 888. The summed E-state index contributed by atoms with van der Waals surface area (Å²) in [7, 11) is 0. The van der Waals surface area contributed by atoms with Gasteiger partial charge in [0, 0.05) is 6.61 Å². The number of hydrogen-bond donors (Lipinski definition) is 1. The summed E-state index contributed by atoms with van der Waals surface area (Å²) in [5, 5.41) is 9.34. The average Bonchev–Trinajstić information content (AvgIpc) is 3.29. The highest BCUT2D eigenvalue weighted by Crippen LogP contribution is 2.39. The highest BCUT2D eigenvalue weighted by molar-refractivity contribution is 5.73. The van der Waals surface area contributed by atoms with Gasteiger partial charge in [0.2, 0.25) is 0 Å². The molecule has 0 atom stereocenters. The van der Waals surface area contributed by atoms with Gasteiger partial charge in [-0.05, 0) is 89.3 Å². The van der Waals surface area contributed by atoms with Gasteiger partial charge in [-0.1, -0.05) is 182 Å². The van der Waals surface area contributed by atoms with E-state index < -0.39 is 24.5 Å². The summed E-state index contributed by atoms with van der Waals surface area (Å²) in [4.78, 5) is 29.5. The molecule has 0 amide bonds. The van der Waals surface area contributed by atoms with E-state index in [9.17, 15) is 14.7 Å². The number of ether oxygens (including phenoxy) is 6. The maximum atomic E-state index is 13.5. The van der Waals surface area contributed by atoms with E-state index in [0.717, 1.165) is 96.7 Å². The van der Waals surface area contributed by atoms with Crippen LogP contribution in [0, 0.1) is 5.41 Å². The molecule has 1 N–H and O–H groups in total. The van der Waals surface area contributed by atoms with E-state index in [4.69, 9.17) is 28.4 Å². The van der Waals surface area contributed by atoms with Crippen molar-refractivity contribution in [2.24, 2.45) is 5.41 Å². The first-order valence-corrected chi connectivity index (χ1v) is 27.1. The fourth-order valence-electron chi connectivity index (χ4n) is 8.56. The van der Waals surface area contributed by atoms with Gasteiger partial charge in [-0.3, -0.25) is 0 Å². The van der Waals surface area contributed by atoms with Crippen molar-refractivity contribution in [2.45, 2.75) is 259 Å². The molecule has 1 saturated heterocycles. The zero-order valence-electron chi connectivity index (χ0n) is 41.9. The quantitative estimate of drug-likeness (QED) is 0.0360. The summed E-state index contributed by atoms with van der Waals surface area (Å²) in [6, 6.07) is 0. The molecular weight excluding hydrogens is 795 g/mol. The van der Waals surface area contributed by atoms with Crippen LogP contribution in [0.3, 0.4) is 0 Å². The van der Waals surface area contributed by atoms with E-state index in [0.29, 0.717) is 39.3 Å². The monoisotopic (exact) mass is 898 g/mol. The lowest BCUT2D eigenvalue weighted by Gasteiger charge is -2.42. The predicted octanol–water partition coefficient (Wildman–Crippen LogP) is 13.4. The Kier molecular flexibility index (Phi) is 42.2. The van der Waals surface area contributed by atoms with Crippen LogP contribution >= 0.6 is 0 Å². The van der Waals surface area contributed by atoms with Gasteiger partial charge in [-0.15, -0.1) is 0 Å². The van der Waals surface area contributed by atoms with E-state index in [1.165, 1.54) is 128 Å². The third-order valence-corrected chi connectivity index (χ3v) is 13.0. The van der Waals surface area contributed by atoms with Crippen LogP contribution in [0.2, 0.25) is 0 Å². The number of aliphatic hydroxyl groups is 1. The molecule has 10 heteroatoms. The van der Waals surface area contributed by atoms with Gasteiger partial charge in [0.05, 0.1) is 39.6 Å². The molecule has 10 nitrogen and oxygen atoms in total. The molecule has 1 fully saturated rings. The van der Waals surface area contributed by atoms with E-state index in [2.05, 4.69) is 32.6 Å². The Hall–Kier alpha value is -1.30. The largest absolute Gasteiger partial charge is 0.462 e. The minimum Gasteiger partial charge on any atom is -0.462 e. The van der Waals surface area contributed by atoms with Gasteiger partial charge in [0.15, 0.2) is 0 Å². The number of aliphatic hydroxyl groups excluding tert-OH is 1. The SMILES string of the molecule is CCCCCCCCCOC(OCCCCCCCCC)C(=O)OCCC1(CCOC(=O)C(OCCCCCCCCC)OCCCCCCCCC)CCN(CCCCO)CC1. The Morgan fingerprint density at radius 2 is 0.730 bits per heavy atom. The second-order valence-electron chi connectivity index (χ2n) is 18.7. The van der Waals surface area contributed by atoms with Crippen molar-refractivity contribution in [3.63, 3.8) is 0 Å². The Morgan fingerprint density at radius 3 is 1.03 bits per heavy atom. The standard InChI is InChI=1S/C53H103NO9/c1-5-9-13-17-21-25-31-43-60-51(61-44-32-26-22-18-14-10-6-2)49(56)58-47-37-53(35-40-54(41-36-53)39-29-30-42-55)38-48-59-50(57)52(62-45-33-27-23-19-15-11-7-3)63-46-34-28-24-20-16-12-8-4/h51-52,55H,5-48H2,1-4H3. The second kappa shape index (κ2) is 44.5. The minimum absolute atomic E-state index is 0.145. The first-order valence-electron chi connectivity index (χ1n) is 27.1. The molecule has 0 bridgehead atoms. The van der Waals surface area contributed by atoms with E-state index >= 15 is 0 Å². The Balaban J connectivity index is 2.84. The summed E-state index contributed by atoms with van der Waals surface area (Å²) < 4.78 is 36.1. The lowest BCUT2D eigenvalue weighted by atomic mass is 9.73. The van der Waals surface area contributed by atoms with Crippen LogP contribution in [0.15, 0.2) is 0 Å². The molecule has 374 valence electrons. The van der Waals surface area contributed by atoms with Crippen LogP contribution in [-0.2, 0) is 38.0 Å².